The Kier molecular flexibility index (Phi) is 4.46. The fraction of sp³-hybridized carbons (Fsp3) is 0.0625. The molecule has 5 nitrogen and oxygen atoms in total. The van der Waals surface area contributed by atoms with Gasteiger partial charge in [-0.25, -0.2) is 9.97 Å². The summed E-state index contributed by atoms with van der Waals surface area (Å²) in [5.41, 5.74) is 1.97. The molecule has 3 aromatic rings. The first-order valence-corrected chi connectivity index (χ1v) is 7.15. The summed E-state index contributed by atoms with van der Waals surface area (Å²) in [7, 11) is 0. The number of nitrogens with one attached hydrogen (secondary N) is 2. The standard InChI is InChI=1S/C16H14ClN5/c17-13-4-1-5-14(7-13)22-16-8-15(20-11-21-16)19-10-12-3-2-6-18-9-12/h1-9,11H,10H2,(H2,19,20,21,22). The number of hydrogen-bond donors (Lipinski definition) is 2. The van der Waals surface area contributed by atoms with Crippen LogP contribution < -0.4 is 10.6 Å². The topological polar surface area (TPSA) is 62.7 Å². The first-order valence-electron chi connectivity index (χ1n) is 6.77. The van der Waals surface area contributed by atoms with Crippen molar-refractivity contribution in [2.45, 2.75) is 6.54 Å². The second-order valence-corrected chi connectivity index (χ2v) is 5.08. The lowest BCUT2D eigenvalue weighted by atomic mass is 10.3. The van der Waals surface area contributed by atoms with Gasteiger partial charge in [0.15, 0.2) is 0 Å². The lowest BCUT2D eigenvalue weighted by Crippen LogP contribution is -2.03. The molecule has 0 saturated heterocycles. The van der Waals surface area contributed by atoms with E-state index in [2.05, 4.69) is 25.6 Å². The van der Waals surface area contributed by atoms with Gasteiger partial charge in [0.25, 0.3) is 0 Å². The van der Waals surface area contributed by atoms with E-state index in [-0.39, 0.29) is 0 Å². The van der Waals surface area contributed by atoms with E-state index in [0.29, 0.717) is 17.4 Å². The molecule has 2 aromatic heterocycles. The van der Waals surface area contributed by atoms with Crippen LogP contribution in [-0.2, 0) is 6.54 Å². The molecular formula is C16H14ClN5. The highest BCUT2D eigenvalue weighted by molar-refractivity contribution is 6.30. The van der Waals surface area contributed by atoms with Crippen LogP contribution in [0.15, 0.2) is 61.2 Å². The molecule has 2 N–H and O–H groups in total. The van der Waals surface area contributed by atoms with Crippen molar-refractivity contribution in [3.05, 3.63) is 71.8 Å². The number of anilines is 3. The van der Waals surface area contributed by atoms with Gasteiger partial charge < -0.3 is 10.6 Å². The van der Waals surface area contributed by atoms with E-state index in [0.717, 1.165) is 17.1 Å². The summed E-state index contributed by atoms with van der Waals surface area (Å²) < 4.78 is 0. The van der Waals surface area contributed by atoms with Gasteiger partial charge in [0, 0.05) is 35.7 Å². The molecule has 3 rings (SSSR count). The Morgan fingerprint density at radius 2 is 1.91 bits per heavy atom. The first kappa shape index (κ1) is 14.3. The van der Waals surface area contributed by atoms with Crippen LogP contribution in [0.3, 0.4) is 0 Å². The predicted octanol–water partition coefficient (Wildman–Crippen LogP) is 3.88. The Labute approximate surface area is 133 Å². The molecule has 0 aliphatic carbocycles. The Bertz CT molecular complexity index is 748. The van der Waals surface area contributed by atoms with Gasteiger partial charge in [0.2, 0.25) is 0 Å². The second-order valence-electron chi connectivity index (χ2n) is 4.64. The normalized spacial score (nSPS) is 10.2. The van der Waals surface area contributed by atoms with E-state index >= 15 is 0 Å². The van der Waals surface area contributed by atoms with Crippen molar-refractivity contribution in [2.24, 2.45) is 0 Å². The highest BCUT2D eigenvalue weighted by atomic mass is 35.5. The monoisotopic (exact) mass is 311 g/mol. The van der Waals surface area contributed by atoms with Gasteiger partial charge in [-0.15, -0.1) is 0 Å². The zero-order valence-corrected chi connectivity index (χ0v) is 12.5. The Hall–Kier alpha value is -2.66. The number of rotatable bonds is 5. The van der Waals surface area contributed by atoms with Crippen molar-refractivity contribution in [1.29, 1.82) is 0 Å². The van der Waals surface area contributed by atoms with Gasteiger partial charge in [0.05, 0.1) is 0 Å². The zero-order valence-electron chi connectivity index (χ0n) is 11.7. The summed E-state index contributed by atoms with van der Waals surface area (Å²) in [6.07, 6.45) is 5.08. The molecule has 0 radical (unpaired) electrons. The summed E-state index contributed by atoms with van der Waals surface area (Å²) in [5.74, 6) is 1.44. The molecular weight excluding hydrogens is 298 g/mol. The first-order chi connectivity index (χ1) is 10.8. The molecule has 0 saturated carbocycles. The van der Waals surface area contributed by atoms with Crippen molar-refractivity contribution >= 4 is 28.9 Å². The molecule has 2 heterocycles. The third kappa shape index (κ3) is 3.93. The van der Waals surface area contributed by atoms with E-state index < -0.39 is 0 Å². The third-order valence-corrected chi connectivity index (χ3v) is 3.20. The molecule has 0 amide bonds. The average Bonchev–Trinajstić information content (AvgIpc) is 2.54. The van der Waals surface area contributed by atoms with Crippen LogP contribution in [-0.4, -0.2) is 15.0 Å². The zero-order chi connectivity index (χ0) is 15.2. The van der Waals surface area contributed by atoms with Gasteiger partial charge in [-0.3, -0.25) is 4.98 Å². The van der Waals surface area contributed by atoms with Crippen molar-refractivity contribution in [1.82, 2.24) is 15.0 Å². The van der Waals surface area contributed by atoms with Crippen molar-refractivity contribution in [2.75, 3.05) is 10.6 Å². The van der Waals surface area contributed by atoms with E-state index in [9.17, 15) is 0 Å². The van der Waals surface area contributed by atoms with E-state index in [1.807, 2.05) is 48.7 Å². The van der Waals surface area contributed by atoms with Crippen molar-refractivity contribution in [3.63, 3.8) is 0 Å². The van der Waals surface area contributed by atoms with E-state index in [4.69, 9.17) is 11.6 Å². The van der Waals surface area contributed by atoms with E-state index in [1.165, 1.54) is 6.33 Å². The number of nitrogens with zero attached hydrogens (tertiary/aromatic N) is 3. The van der Waals surface area contributed by atoms with Gasteiger partial charge in [-0.2, -0.15) is 0 Å². The van der Waals surface area contributed by atoms with Crippen LogP contribution >= 0.6 is 11.6 Å². The van der Waals surface area contributed by atoms with Crippen LogP contribution in [0.2, 0.25) is 5.02 Å². The number of hydrogen-bond acceptors (Lipinski definition) is 5. The van der Waals surface area contributed by atoms with Gasteiger partial charge in [-0.1, -0.05) is 23.7 Å². The number of pyridine rings is 1. The van der Waals surface area contributed by atoms with Crippen molar-refractivity contribution in [3.8, 4) is 0 Å². The molecule has 0 aliphatic rings. The molecule has 1 aromatic carbocycles. The van der Waals surface area contributed by atoms with Gasteiger partial charge in [0.1, 0.15) is 18.0 Å². The third-order valence-electron chi connectivity index (χ3n) is 2.96. The summed E-state index contributed by atoms with van der Waals surface area (Å²) in [6.45, 7) is 0.654. The predicted molar refractivity (Wildman–Crippen MR) is 88.3 cm³/mol. The Morgan fingerprint density at radius 3 is 2.73 bits per heavy atom. The highest BCUT2D eigenvalue weighted by Gasteiger charge is 2.00. The lowest BCUT2D eigenvalue weighted by Gasteiger charge is -2.09. The average molecular weight is 312 g/mol. The minimum Gasteiger partial charge on any atom is -0.366 e. The van der Waals surface area contributed by atoms with Gasteiger partial charge in [-0.05, 0) is 29.8 Å². The Morgan fingerprint density at radius 1 is 1.00 bits per heavy atom. The van der Waals surface area contributed by atoms with Crippen molar-refractivity contribution < 1.29 is 0 Å². The van der Waals surface area contributed by atoms with Gasteiger partial charge >= 0.3 is 0 Å². The molecule has 0 spiro atoms. The number of benzene rings is 1. The minimum atomic E-state index is 0.654. The summed E-state index contributed by atoms with van der Waals surface area (Å²) >= 11 is 5.97. The molecule has 0 fully saturated rings. The van der Waals surface area contributed by atoms with Crippen LogP contribution in [0.4, 0.5) is 17.3 Å². The molecule has 6 heteroatoms. The van der Waals surface area contributed by atoms with Crippen LogP contribution in [0.1, 0.15) is 5.56 Å². The number of halogens is 1. The fourth-order valence-corrected chi connectivity index (χ4v) is 2.12. The summed E-state index contributed by atoms with van der Waals surface area (Å²) in [4.78, 5) is 12.5. The molecule has 0 aliphatic heterocycles. The highest BCUT2D eigenvalue weighted by Crippen LogP contribution is 2.19. The maximum atomic E-state index is 5.97. The second kappa shape index (κ2) is 6.87. The number of aromatic nitrogens is 3. The SMILES string of the molecule is Clc1cccc(Nc2cc(NCc3cccnc3)ncn2)c1. The maximum absolute atomic E-state index is 5.97. The fourth-order valence-electron chi connectivity index (χ4n) is 1.93. The van der Waals surface area contributed by atoms with Crippen LogP contribution in [0, 0.1) is 0 Å². The molecule has 0 atom stereocenters. The maximum Gasteiger partial charge on any atom is 0.135 e. The molecule has 0 unspecified atom stereocenters. The largest absolute Gasteiger partial charge is 0.366 e. The van der Waals surface area contributed by atoms with Crippen LogP contribution in [0.25, 0.3) is 0 Å². The van der Waals surface area contributed by atoms with Crippen LogP contribution in [0.5, 0.6) is 0 Å². The quantitative estimate of drug-likeness (QED) is 0.748. The lowest BCUT2D eigenvalue weighted by molar-refractivity contribution is 1.07. The summed E-state index contributed by atoms with van der Waals surface area (Å²) in [5, 5.41) is 7.11. The molecule has 0 bridgehead atoms. The minimum absolute atomic E-state index is 0.654. The summed E-state index contributed by atoms with van der Waals surface area (Å²) in [6, 6.07) is 13.2. The Balaban J connectivity index is 1.67. The molecule has 110 valence electrons. The smallest absolute Gasteiger partial charge is 0.135 e. The molecule has 22 heavy (non-hydrogen) atoms. The van der Waals surface area contributed by atoms with E-state index in [1.54, 1.807) is 6.20 Å².